The predicted octanol–water partition coefficient (Wildman–Crippen LogP) is 3.06. The highest BCUT2D eigenvalue weighted by atomic mass is 16.1. The lowest BCUT2D eigenvalue weighted by molar-refractivity contribution is -0.114. The van der Waals surface area contributed by atoms with E-state index in [2.05, 4.69) is 29.2 Å². The van der Waals surface area contributed by atoms with E-state index in [-0.39, 0.29) is 12.5 Å². The minimum Gasteiger partial charge on any atom is -0.326 e. The van der Waals surface area contributed by atoms with E-state index in [4.69, 9.17) is 5.53 Å². The molecule has 0 saturated carbocycles. The van der Waals surface area contributed by atoms with E-state index in [1.807, 2.05) is 24.3 Å². The van der Waals surface area contributed by atoms with Crippen molar-refractivity contribution in [1.82, 2.24) is 0 Å². The topological polar surface area (TPSA) is 77.9 Å². The van der Waals surface area contributed by atoms with Gasteiger partial charge in [-0.25, -0.2) is 0 Å². The van der Waals surface area contributed by atoms with Crippen LogP contribution in [0.2, 0.25) is 0 Å². The Bertz CT molecular complexity index is 422. The number of hydrogen-bond acceptors (Lipinski definition) is 2. The van der Waals surface area contributed by atoms with Crippen LogP contribution in [-0.2, 0) is 4.79 Å². The molecule has 0 bridgehead atoms. The van der Waals surface area contributed by atoms with Gasteiger partial charge in [0.05, 0.1) is 0 Å². The average molecular weight is 218 g/mol. The Kier molecular flexibility index (Phi) is 4.36. The van der Waals surface area contributed by atoms with Gasteiger partial charge in [0.1, 0.15) is 6.54 Å². The zero-order valence-electron chi connectivity index (χ0n) is 9.34. The number of para-hydroxylation sites is 1. The number of amides is 1. The molecule has 0 fully saturated rings. The Balaban J connectivity index is 2.80. The molecule has 0 heterocycles. The Hall–Kier alpha value is -2.00. The molecule has 5 nitrogen and oxygen atoms in total. The van der Waals surface area contributed by atoms with Gasteiger partial charge in [-0.1, -0.05) is 37.2 Å². The molecule has 1 rings (SSSR count). The summed E-state index contributed by atoms with van der Waals surface area (Å²) < 4.78 is 0. The van der Waals surface area contributed by atoms with Crippen LogP contribution in [0.3, 0.4) is 0 Å². The standard InChI is InChI=1S/C11H14N4O/c1-8(2)9-5-3-4-6-10(9)14-11(16)7-13-15-12/h3-6,8H,7H2,1-2H3,(H,14,16). The third-order valence-corrected chi connectivity index (χ3v) is 2.13. The summed E-state index contributed by atoms with van der Waals surface area (Å²) in [5.74, 6) is 0.0295. The lowest BCUT2D eigenvalue weighted by atomic mass is 10.0. The van der Waals surface area contributed by atoms with Crippen LogP contribution in [-0.4, -0.2) is 12.5 Å². The number of azide groups is 1. The summed E-state index contributed by atoms with van der Waals surface area (Å²) in [6.07, 6.45) is 0. The van der Waals surface area contributed by atoms with E-state index >= 15 is 0 Å². The van der Waals surface area contributed by atoms with Gasteiger partial charge in [0.15, 0.2) is 0 Å². The van der Waals surface area contributed by atoms with Gasteiger partial charge >= 0.3 is 0 Å². The van der Waals surface area contributed by atoms with Crippen molar-refractivity contribution in [2.75, 3.05) is 11.9 Å². The molecule has 0 atom stereocenters. The monoisotopic (exact) mass is 218 g/mol. The van der Waals surface area contributed by atoms with Gasteiger partial charge in [-0.3, -0.25) is 4.79 Å². The van der Waals surface area contributed by atoms with Crippen LogP contribution in [0.5, 0.6) is 0 Å². The smallest absolute Gasteiger partial charge is 0.230 e. The van der Waals surface area contributed by atoms with Crippen molar-refractivity contribution in [2.24, 2.45) is 5.11 Å². The van der Waals surface area contributed by atoms with E-state index in [9.17, 15) is 4.79 Å². The molecule has 0 aromatic heterocycles. The second-order valence-electron chi connectivity index (χ2n) is 3.68. The molecule has 0 spiro atoms. The van der Waals surface area contributed by atoms with E-state index in [1.165, 1.54) is 0 Å². The molecule has 1 amide bonds. The first-order chi connectivity index (χ1) is 7.65. The maximum Gasteiger partial charge on any atom is 0.230 e. The van der Waals surface area contributed by atoms with E-state index in [1.54, 1.807) is 0 Å². The van der Waals surface area contributed by atoms with Crippen molar-refractivity contribution in [3.8, 4) is 0 Å². The molecule has 1 N–H and O–H groups in total. The molecule has 5 heteroatoms. The zero-order valence-corrected chi connectivity index (χ0v) is 9.34. The molecule has 1 aromatic carbocycles. The number of carbonyl (C=O) groups is 1. The molecule has 84 valence electrons. The van der Waals surface area contributed by atoms with Crippen LogP contribution in [0.25, 0.3) is 10.4 Å². The number of benzene rings is 1. The van der Waals surface area contributed by atoms with Crippen LogP contribution in [0.4, 0.5) is 5.69 Å². The summed E-state index contributed by atoms with van der Waals surface area (Å²) in [5, 5.41) is 5.93. The van der Waals surface area contributed by atoms with Gasteiger partial charge in [0, 0.05) is 10.6 Å². The zero-order chi connectivity index (χ0) is 12.0. The van der Waals surface area contributed by atoms with Gasteiger partial charge in [-0.2, -0.15) is 0 Å². The lowest BCUT2D eigenvalue weighted by Crippen LogP contribution is -2.15. The summed E-state index contributed by atoms with van der Waals surface area (Å²) in [4.78, 5) is 13.9. The van der Waals surface area contributed by atoms with E-state index in [0.717, 1.165) is 11.3 Å². The van der Waals surface area contributed by atoms with Crippen molar-refractivity contribution in [3.63, 3.8) is 0 Å². The van der Waals surface area contributed by atoms with Gasteiger partial charge in [0.2, 0.25) is 5.91 Å². The first-order valence-corrected chi connectivity index (χ1v) is 5.04. The predicted molar refractivity (Wildman–Crippen MR) is 63.2 cm³/mol. The van der Waals surface area contributed by atoms with Crippen molar-refractivity contribution < 1.29 is 4.79 Å². The molecule has 0 radical (unpaired) electrons. The number of rotatable bonds is 4. The van der Waals surface area contributed by atoms with Gasteiger partial charge < -0.3 is 5.32 Å². The molecule has 0 saturated heterocycles. The minimum absolute atomic E-state index is 0.178. The summed E-state index contributed by atoms with van der Waals surface area (Å²) in [5.41, 5.74) is 9.94. The number of nitrogens with one attached hydrogen (secondary N) is 1. The average Bonchev–Trinajstić information content (AvgIpc) is 2.27. The van der Waals surface area contributed by atoms with E-state index in [0.29, 0.717) is 5.92 Å². The largest absolute Gasteiger partial charge is 0.326 e. The van der Waals surface area contributed by atoms with Crippen molar-refractivity contribution in [1.29, 1.82) is 0 Å². The maximum atomic E-state index is 11.4. The highest BCUT2D eigenvalue weighted by Gasteiger charge is 2.07. The maximum absolute atomic E-state index is 11.4. The first-order valence-electron chi connectivity index (χ1n) is 5.04. The van der Waals surface area contributed by atoms with Crippen LogP contribution in [0, 0.1) is 0 Å². The Labute approximate surface area is 94.1 Å². The molecule has 1 aromatic rings. The fourth-order valence-corrected chi connectivity index (χ4v) is 1.40. The van der Waals surface area contributed by atoms with Gasteiger partial charge in [-0.05, 0) is 23.1 Å². The Morgan fingerprint density at radius 2 is 2.19 bits per heavy atom. The second-order valence-corrected chi connectivity index (χ2v) is 3.68. The van der Waals surface area contributed by atoms with Crippen LogP contribution in [0.1, 0.15) is 25.3 Å². The molecule has 0 aliphatic rings. The summed E-state index contributed by atoms with van der Waals surface area (Å²) >= 11 is 0. The summed E-state index contributed by atoms with van der Waals surface area (Å²) in [7, 11) is 0. The van der Waals surface area contributed by atoms with Crippen molar-refractivity contribution in [2.45, 2.75) is 19.8 Å². The number of carbonyl (C=O) groups excluding carboxylic acids is 1. The molecular weight excluding hydrogens is 204 g/mol. The SMILES string of the molecule is CC(C)c1ccccc1NC(=O)CN=[N+]=[N-]. The van der Waals surface area contributed by atoms with Gasteiger partial charge in [0.25, 0.3) is 0 Å². The fourth-order valence-electron chi connectivity index (χ4n) is 1.40. The number of hydrogen-bond donors (Lipinski definition) is 1. The highest BCUT2D eigenvalue weighted by Crippen LogP contribution is 2.23. The Morgan fingerprint density at radius 1 is 1.50 bits per heavy atom. The molecular formula is C11H14N4O. The number of nitrogens with zero attached hydrogens (tertiary/aromatic N) is 3. The minimum atomic E-state index is -0.300. The molecule has 0 aliphatic carbocycles. The van der Waals surface area contributed by atoms with Crippen molar-refractivity contribution >= 4 is 11.6 Å². The normalized spacial score (nSPS) is 9.69. The highest BCUT2D eigenvalue weighted by molar-refractivity contribution is 5.93. The van der Waals surface area contributed by atoms with Crippen LogP contribution >= 0.6 is 0 Å². The van der Waals surface area contributed by atoms with E-state index < -0.39 is 0 Å². The van der Waals surface area contributed by atoms with Crippen LogP contribution in [0.15, 0.2) is 29.4 Å². The van der Waals surface area contributed by atoms with Gasteiger partial charge in [-0.15, -0.1) is 0 Å². The third-order valence-electron chi connectivity index (χ3n) is 2.13. The molecule has 0 unspecified atom stereocenters. The molecule has 0 aliphatic heterocycles. The summed E-state index contributed by atoms with van der Waals surface area (Å²) in [6.45, 7) is 3.93. The quantitative estimate of drug-likeness (QED) is 0.470. The second kappa shape index (κ2) is 5.78. The fraction of sp³-hybridized carbons (Fsp3) is 0.364. The molecule has 16 heavy (non-hydrogen) atoms. The summed E-state index contributed by atoms with van der Waals surface area (Å²) in [6, 6.07) is 7.59. The first kappa shape index (κ1) is 12.1. The number of anilines is 1. The van der Waals surface area contributed by atoms with Crippen molar-refractivity contribution in [3.05, 3.63) is 40.3 Å². The Morgan fingerprint density at radius 3 is 2.81 bits per heavy atom. The van der Waals surface area contributed by atoms with Crippen LogP contribution < -0.4 is 5.32 Å². The lowest BCUT2D eigenvalue weighted by Gasteiger charge is -2.12. The third kappa shape index (κ3) is 3.29.